The summed E-state index contributed by atoms with van der Waals surface area (Å²) in [6.07, 6.45) is 2.41. The third-order valence-electron chi connectivity index (χ3n) is 3.45. The molecule has 1 aliphatic heterocycles. The van der Waals surface area contributed by atoms with E-state index in [1.807, 2.05) is 19.0 Å². The van der Waals surface area contributed by atoms with Crippen LogP contribution in [-0.2, 0) is 9.53 Å². The quantitative estimate of drug-likeness (QED) is 0.837. The average molecular weight is 327 g/mol. The number of benzene rings is 1. The van der Waals surface area contributed by atoms with E-state index in [-0.39, 0.29) is 12.0 Å². The molecule has 1 aromatic rings. The maximum atomic E-state index is 11.9. The molecular weight excluding hydrogens is 304 g/mol. The van der Waals surface area contributed by atoms with Crippen molar-refractivity contribution in [1.29, 1.82) is 0 Å². The van der Waals surface area contributed by atoms with Crippen LogP contribution in [-0.4, -0.2) is 50.8 Å². The number of carbonyl (C=O) groups is 1. The lowest BCUT2D eigenvalue weighted by molar-refractivity contribution is -0.118. The van der Waals surface area contributed by atoms with Gasteiger partial charge in [-0.15, -0.1) is 0 Å². The van der Waals surface area contributed by atoms with Gasteiger partial charge in [-0.25, -0.2) is 0 Å². The van der Waals surface area contributed by atoms with Gasteiger partial charge in [-0.3, -0.25) is 4.79 Å². The molecule has 1 fully saturated rings. The second-order valence-corrected chi connectivity index (χ2v) is 6.09. The standard InChI is InChI=1S/C16H23ClN2O3/c1-19(2)7-9-22-15-6-5-12(10-14(15)17)18-16(20)11-13-4-3-8-21-13/h5-6,10,13H,3-4,7-9,11H2,1-2H3,(H,18,20). The van der Waals surface area contributed by atoms with E-state index in [0.29, 0.717) is 29.5 Å². The van der Waals surface area contributed by atoms with E-state index >= 15 is 0 Å². The summed E-state index contributed by atoms with van der Waals surface area (Å²) in [6.45, 7) is 2.14. The number of anilines is 1. The van der Waals surface area contributed by atoms with Crippen molar-refractivity contribution in [2.45, 2.75) is 25.4 Å². The van der Waals surface area contributed by atoms with Crippen molar-refractivity contribution in [2.24, 2.45) is 0 Å². The highest BCUT2D eigenvalue weighted by Crippen LogP contribution is 2.28. The molecule has 5 nitrogen and oxygen atoms in total. The predicted octanol–water partition coefficient (Wildman–Crippen LogP) is 2.79. The Labute approximate surface area is 136 Å². The third-order valence-corrected chi connectivity index (χ3v) is 3.74. The summed E-state index contributed by atoms with van der Waals surface area (Å²) in [7, 11) is 3.97. The largest absolute Gasteiger partial charge is 0.491 e. The Hall–Kier alpha value is -1.30. The van der Waals surface area contributed by atoms with Crippen molar-refractivity contribution in [1.82, 2.24) is 4.90 Å². The second kappa shape index (κ2) is 8.36. The fraction of sp³-hybridized carbons (Fsp3) is 0.562. The molecule has 6 heteroatoms. The van der Waals surface area contributed by atoms with Crippen LogP contribution >= 0.6 is 11.6 Å². The van der Waals surface area contributed by atoms with Crippen LogP contribution in [0.5, 0.6) is 5.75 Å². The van der Waals surface area contributed by atoms with Gasteiger partial charge in [-0.05, 0) is 45.1 Å². The number of nitrogens with one attached hydrogen (secondary N) is 1. The second-order valence-electron chi connectivity index (χ2n) is 5.68. The number of ether oxygens (including phenoxy) is 2. The lowest BCUT2D eigenvalue weighted by atomic mass is 10.2. The van der Waals surface area contributed by atoms with Crippen LogP contribution < -0.4 is 10.1 Å². The molecule has 1 atom stereocenters. The topological polar surface area (TPSA) is 50.8 Å². The van der Waals surface area contributed by atoms with Crippen LogP contribution in [0.25, 0.3) is 0 Å². The van der Waals surface area contributed by atoms with Gasteiger partial charge in [-0.2, -0.15) is 0 Å². The first-order chi connectivity index (χ1) is 10.5. The molecule has 0 aliphatic carbocycles. The Morgan fingerprint density at radius 3 is 2.95 bits per heavy atom. The summed E-state index contributed by atoms with van der Waals surface area (Å²) in [5.74, 6) is 0.574. The van der Waals surface area contributed by atoms with Gasteiger partial charge in [0.15, 0.2) is 0 Å². The first-order valence-corrected chi connectivity index (χ1v) is 7.91. The highest BCUT2D eigenvalue weighted by Gasteiger charge is 2.19. The van der Waals surface area contributed by atoms with E-state index in [9.17, 15) is 4.79 Å². The van der Waals surface area contributed by atoms with Crippen LogP contribution in [0.15, 0.2) is 18.2 Å². The van der Waals surface area contributed by atoms with E-state index in [4.69, 9.17) is 21.1 Å². The van der Waals surface area contributed by atoms with E-state index < -0.39 is 0 Å². The Bertz CT molecular complexity index is 502. The number of nitrogens with zero attached hydrogens (tertiary/aromatic N) is 1. The minimum Gasteiger partial charge on any atom is -0.491 e. The van der Waals surface area contributed by atoms with Gasteiger partial charge in [0.1, 0.15) is 12.4 Å². The van der Waals surface area contributed by atoms with E-state index in [2.05, 4.69) is 5.32 Å². The molecule has 1 heterocycles. The molecule has 1 amide bonds. The van der Waals surface area contributed by atoms with Crippen molar-refractivity contribution in [3.63, 3.8) is 0 Å². The van der Waals surface area contributed by atoms with E-state index in [0.717, 1.165) is 26.0 Å². The predicted molar refractivity (Wildman–Crippen MR) is 87.7 cm³/mol. The maximum Gasteiger partial charge on any atom is 0.226 e. The summed E-state index contributed by atoms with van der Waals surface area (Å²) in [5.41, 5.74) is 0.674. The summed E-state index contributed by atoms with van der Waals surface area (Å²) in [6, 6.07) is 5.28. The highest BCUT2D eigenvalue weighted by atomic mass is 35.5. The minimum absolute atomic E-state index is 0.0455. The molecule has 1 N–H and O–H groups in total. The van der Waals surface area contributed by atoms with Gasteiger partial charge in [-0.1, -0.05) is 11.6 Å². The normalized spacial score (nSPS) is 17.7. The molecule has 0 spiro atoms. The Balaban J connectivity index is 1.84. The van der Waals surface area contributed by atoms with Crippen molar-refractivity contribution in [3.05, 3.63) is 23.2 Å². The Kier molecular flexibility index (Phi) is 6.49. The number of halogens is 1. The molecule has 1 unspecified atom stereocenters. The zero-order chi connectivity index (χ0) is 15.9. The van der Waals surface area contributed by atoms with E-state index in [1.165, 1.54) is 0 Å². The molecule has 0 radical (unpaired) electrons. The van der Waals surface area contributed by atoms with E-state index in [1.54, 1.807) is 18.2 Å². The van der Waals surface area contributed by atoms with Crippen molar-refractivity contribution in [2.75, 3.05) is 39.2 Å². The van der Waals surface area contributed by atoms with Gasteiger partial charge >= 0.3 is 0 Å². The van der Waals surface area contributed by atoms with Crippen molar-refractivity contribution in [3.8, 4) is 5.75 Å². The fourth-order valence-electron chi connectivity index (χ4n) is 2.26. The molecular formula is C16H23ClN2O3. The summed E-state index contributed by atoms with van der Waals surface area (Å²) in [4.78, 5) is 14.0. The zero-order valence-electron chi connectivity index (χ0n) is 13.1. The minimum atomic E-state index is -0.0516. The maximum absolute atomic E-state index is 11.9. The van der Waals surface area contributed by atoms with Gasteiger partial charge in [0, 0.05) is 18.8 Å². The van der Waals surface area contributed by atoms with Crippen LogP contribution in [0.4, 0.5) is 5.69 Å². The smallest absolute Gasteiger partial charge is 0.226 e. The molecule has 1 saturated heterocycles. The van der Waals surface area contributed by atoms with Crippen LogP contribution in [0, 0.1) is 0 Å². The molecule has 0 aromatic heterocycles. The lowest BCUT2D eigenvalue weighted by Crippen LogP contribution is -2.20. The summed E-state index contributed by atoms with van der Waals surface area (Å²) < 4.78 is 11.1. The zero-order valence-corrected chi connectivity index (χ0v) is 13.9. The fourth-order valence-corrected chi connectivity index (χ4v) is 2.49. The van der Waals surface area contributed by atoms with Gasteiger partial charge in [0.25, 0.3) is 0 Å². The monoisotopic (exact) mass is 326 g/mol. The van der Waals surface area contributed by atoms with Gasteiger partial charge in [0.05, 0.1) is 17.5 Å². The van der Waals surface area contributed by atoms with Crippen LogP contribution in [0.1, 0.15) is 19.3 Å². The third kappa shape index (κ3) is 5.48. The van der Waals surface area contributed by atoms with Gasteiger partial charge < -0.3 is 19.7 Å². The number of carbonyl (C=O) groups excluding carboxylic acids is 1. The number of likely N-dealkylation sites (N-methyl/N-ethyl adjacent to an activating group) is 1. The molecule has 22 heavy (non-hydrogen) atoms. The molecule has 1 aliphatic rings. The number of rotatable bonds is 7. The lowest BCUT2D eigenvalue weighted by Gasteiger charge is -2.13. The Morgan fingerprint density at radius 1 is 1.50 bits per heavy atom. The molecule has 0 saturated carbocycles. The summed E-state index contributed by atoms with van der Waals surface area (Å²) >= 11 is 6.18. The molecule has 1 aromatic carbocycles. The van der Waals surface area contributed by atoms with Crippen molar-refractivity contribution >= 4 is 23.2 Å². The SMILES string of the molecule is CN(C)CCOc1ccc(NC(=O)CC2CCCO2)cc1Cl. The molecule has 0 bridgehead atoms. The average Bonchev–Trinajstić information content (AvgIpc) is 2.93. The van der Waals surface area contributed by atoms with Crippen LogP contribution in [0.2, 0.25) is 5.02 Å². The van der Waals surface area contributed by atoms with Crippen molar-refractivity contribution < 1.29 is 14.3 Å². The number of amides is 1. The molecule has 2 rings (SSSR count). The van der Waals surface area contributed by atoms with Gasteiger partial charge in [0.2, 0.25) is 5.91 Å². The van der Waals surface area contributed by atoms with Crippen LogP contribution in [0.3, 0.4) is 0 Å². The first-order valence-electron chi connectivity index (χ1n) is 7.53. The highest BCUT2D eigenvalue weighted by molar-refractivity contribution is 6.32. The summed E-state index contributed by atoms with van der Waals surface area (Å²) in [5, 5.41) is 3.34. The Morgan fingerprint density at radius 2 is 2.32 bits per heavy atom. The number of hydrogen-bond donors (Lipinski definition) is 1. The molecule has 122 valence electrons. The first kappa shape index (κ1) is 17.1. The number of hydrogen-bond acceptors (Lipinski definition) is 4.